The number of rotatable bonds is 4. The van der Waals surface area contributed by atoms with Crippen molar-refractivity contribution in [2.45, 2.75) is 12.6 Å². The SMILES string of the molecule is O=C1C(=O)N(Cc2cccs2)C(c2ccc(Cl)cc2)/C1=C(/O)c1cccc(Cl)c1. The van der Waals surface area contributed by atoms with Gasteiger partial charge in [0.1, 0.15) is 5.76 Å². The van der Waals surface area contributed by atoms with Gasteiger partial charge < -0.3 is 10.0 Å². The van der Waals surface area contributed by atoms with E-state index in [1.165, 1.54) is 16.2 Å². The van der Waals surface area contributed by atoms with Crippen LogP contribution in [0.5, 0.6) is 0 Å². The number of benzene rings is 2. The Labute approximate surface area is 181 Å². The maximum absolute atomic E-state index is 12.9. The number of aliphatic hydroxyl groups excluding tert-OH is 1. The first kappa shape index (κ1) is 19.7. The largest absolute Gasteiger partial charge is 0.507 e. The van der Waals surface area contributed by atoms with Crippen LogP contribution < -0.4 is 0 Å². The van der Waals surface area contributed by atoms with Gasteiger partial charge in [0, 0.05) is 20.5 Å². The summed E-state index contributed by atoms with van der Waals surface area (Å²) >= 11 is 13.6. The standard InChI is InChI=1S/C22H15Cl2NO3S/c23-15-8-6-13(7-9-15)19-18(20(26)14-3-1-4-16(24)11-14)21(27)22(28)25(19)12-17-5-2-10-29-17/h1-11,19,26H,12H2/b20-18-. The molecule has 1 amide bonds. The predicted molar refractivity (Wildman–Crippen MR) is 115 cm³/mol. The highest BCUT2D eigenvalue weighted by Crippen LogP contribution is 2.41. The maximum Gasteiger partial charge on any atom is 0.295 e. The Hall–Kier alpha value is -2.60. The highest BCUT2D eigenvalue weighted by atomic mass is 35.5. The molecule has 7 heteroatoms. The highest BCUT2D eigenvalue weighted by molar-refractivity contribution is 7.09. The Morgan fingerprint density at radius 3 is 2.41 bits per heavy atom. The summed E-state index contributed by atoms with van der Waals surface area (Å²) in [5.41, 5.74) is 1.11. The second-order valence-corrected chi connectivity index (χ2v) is 8.47. The van der Waals surface area contributed by atoms with Crippen molar-refractivity contribution in [1.29, 1.82) is 0 Å². The van der Waals surface area contributed by atoms with E-state index in [9.17, 15) is 14.7 Å². The second-order valence-electron chi connectivity index (χ2n) is 6.57. The Morgan fingerprint density at radius 1 is 1.00 bits per heavy atom. The fraction of sp³-hybridized carbons (Fsp3) is 0.0909. The fourth-order valence-electron chi connectivity index (χ4n) is 3.40. The average molecular weight is 444 g/mol. The van der Waals surface area contributed by atoms with Crippen LogP contribution in [-0.2, 0) is 16.1 Å². The van der Waals surface area contributed by atoms with Crippen molar-refractivity contribution >= 4 is 52.0 Å². The first-order chi connectivity index (χ1) is 14.0. The molecule has 1 aromatic heterocycles. The van der Waals surface area contributed by atoms with E-state index < -0.39 is 17.7 Å². The van der Waals surface area contributed by atoms with E-state index in [2.05, 4.69) is 0 Å². The Bertz CT molecular complexity index is 1110. The van der Waals surface area contributed by atoms with Crippen molar-refractivity contribution < 1.29 is 14.7 Å². The number of aliphatic hydroxyl groups is 1. The molecule has 1 unspecified atom stereocenters. The molecule has 3 aromatic rings. The van der Waals surface area contributed by atoms with Gasteiger partial charge in [0.2, 0.25) is 0 Å². The molecule has 1 aliphatic heterocycles. The summed E-state index contributed by atoms with van der Waals surface area (Å²) in [6.45, 7) is 0.266. The van der Waals surface area contributed by atoms with Crippen LogP contribution in [0.1, 0.15) is 22.0 Å². The average Bonchev–Trinajstić information content (AvgIpc) is 3.31. The Kier molecular flexibility index (Phi) is 5.46. The van der Waals surface area contributed by atoms with Crippen LogP contribution in [0.2, 0.25) is 10.0 Å². The number of halogens is 2. The summed E-state index contributed by atoms with van der Waals surface area (Å²) in [7, 11) is 0. The molecule has 2 aromatic carbocycles. The zero-order valence-corrected chi connectivity index (χ0v) is 17.3. The summed E-state index contributed by atoms with van der Waals surface area (Å²) < 4.78 is 0. The summed E-state index contributed by atoms with van der Waals surface area (Å²) in [4.78, 5) is 28.2. The van der Waals surface area contributed by atoms with E-state index in [1.807, 2.05) is 17.5 Å². The van der Waals surface area contributed by atoms with E-state index in [4.69, 9.17) is 23.2 Å². The summed E-state index contributed by atoms with van der Waals surface area (Å²) in [5.74, 6) is -1.62. The van der Waals surface area contributed by atoms with Crippen LogP contribution in [-0.4, -0.2) is 21.7 Å². The zero-order valence-electron chi connectivity index (χ0n) is 15.0. The van der Waals surface area contributed by atoms with Crippen LogP contribution in [0.3, 0.4) is 0 Å². The van der Waals surface area contributed by atoms with E-state index >= 15 is 0 Å². The summed E-state index contributed by atoms with van der Waals surface area (Å²) in [6, 6.07) is 16.5. The zero-order chi connectivity index (χ0) is 20.5. The molecule has 1 N–H and O–H groups in total. The highest BCUT2D eigenvalue weighted by Gasteiger charge is 2.46. The number of thiophene rings is 1. The van der Waals surface area contributed by atoms with Gasteiger partial charge in [-0.2, -0.15) is 0 Å². The third-order valence-electron chi connectivity index (χ3n) is 4.73. The lowest BCUT2D eigenvalue weighted by atomic mass is 9.95. The third kappa shape index (κ3) is 3.81. The monoisotopic (exact) mass is 443 g/mol. The molecule has 2 heterocycles. The van der Waals surface area contributed by atoms with E-state index in [-0.39, 0.29) is 17.9 Å². The minimum atomic E-state index is -0.728. The lowest BCUT2D eigenvalue weighted by Crippen LogP contribution is -2.28. The van der Waals surface area contributed by atoms with Crippen LogP contribution in [0.15, 0.2) is 71.6 Å². The molecule has 4 nitrogen and oxygen atoms in total. The topological polar surface area (TPSA) is 57.6 Å². The Balaban J connectivity index is 1.87. The molecule has 1 fully saturated rings. The lowest BCUT2D eigenvalue weighted by Gasteiger charge is -2.25. The molecular weight excluding hydrogens is 429 g/mol. The molecule has 0 spiro atoms. The number of hydrogen-bond acceptors (Lipinski definition) is 4. The van der Waals surface area contributed by atoms with Crippen LogP contribution in [0.25, 0.3) is 5.76 Å². The van der Waals surface area contributed by atoms with Gasteiger partial charge >= 0.3 is 0 Å². The minimum absolute atomic E-state index is 0.0381. The van der Waals surface area contributed by atoms with Crippen LogP contribution in [0.4, 0.5) is 0 Å². The van der Waals surface area contributed by atoms with E-state index in [0.29, 0.717) is 21.2 Å². The number of hydrogen-bond donors (Lipinski definition) is 1. The maximum atomic E-state index is 12.9. The molecule has 0 aliphatic carbocycles. The quantitative estimate of drug-likeness (QED) is 0.320. The van der Waals surface area contributed by atoms with Gasteiger partial charge in [-0.25, -0.2) is 0 Å². The first-order valence-corrected chi connectivity index (χ1v) is 10.4. The number of carbonyl (C=O) groups is 2. The van der Waals surface area contributed by atoms with Gasteiger partial charge in [-0.1, -0.05) is 53.5 Å². The summed E-state index contributed by atoms with van der Waals surface area (Å²) in [5, 5.41) is 13.8. The van der Waals surface area contributed by atoms with Crippen molar-refractivity contribution in [1.82, 2.24) is 4.90 Å². The van der Waals surface area contributed by atoms with Crippen molar-refractivity contribution in [2.75, 3.05) is 0 Å². The van der Waals surface area contributed by atoms with Crippen LogP contribution in [0, 0.1) is 0 Å². The molecule has 0 radical (unpaired) electrons. The third-order valence-corrected chi connectivity index (χ3v) is 6.08. The Morgan fingerprint density at radius 2 is 1.76 bits per heavy atom. The number of amides is 1. The summed E-state index contributed by atoms with van der Waals surface area (Å²) in [6.07, 6.45) is 0. The van der Waals surface area contributed by atoms with Crippen molar-refractivity contribution in [3.63, 3.8) is 0 Å². The van der Waals surface area contributed by atoms with Gasteiger partial charge in [-0.15, -0.1) is 11.3 Å². The van der Waals surface area contributed by atoms with Crippen molar-refractivity contribution in [3.8, 4) is 0 Å². The number of Topliss-reactive ketones (excluding diaryl/α,β-unsaturated/α-hetero) is 1. The molecule has 0 saturated carbocycles. The van der Waals surface area contributed by atoms with E-state index in [1.54, 1.807) is 48.5 Å². The lowest BCUT2D eigenvalue weighted by molar-refractivity contribution is -0.140. The number of likely N-dealkylation sites (tertiary alicyclic amines) is 1. The number of carbonyl (C=O) groups excluding carboxylic acids is 2. The molecule has 1 aliphatic rings. The molecule has 1 saturated heterocycles. The van der Waals surface area contributed by atoms with Crippen LogP contribution >= 0.6 is 34.5 Å². The van der Waals surface area contributed by atoms with Crippen molar-refractivity contribution in [3.05, 3.63) is 97.7 Å². The number of nitrogens with zero attached hydrogens (tertiary/aromatic N) is 1. The van der Waals surface area contributed by atoms with Gasteiger partial charge in [-0.05, 0) is 41.3 Å². The van der Waals surface area contributed by atoms with Gasteiger partial charge in [0.15, 0.2) is 0 Å². The molecule has 29 heavy (non-hydrogen) atoms. The first-order valence-electron chi connectivity index (χ1n) is 8.78. The predicted octanol–water partition coefficient (Wildman–Crippen LogP) is 5.68. The van der Waals surface area contributed by atoms with Gasteiger partial charge in [0.05, 0.1) is 18.2 Å². The minimum Gasteiger partial charge on any atom is -0.507 e. The fourth-order valence-corrected chi connectivity index (χ4v) is 4.42. The second kappa shape index (κ2) is 8.03. The van der Waals surface area contributed by atoms with Gasteiger partial charge in [-0.3, -0.25) is 9.59 Å². The molecule has 4 rings (SSSR count). The molecule has 0 bridgehead atoms. The number of ketones is 1. The molecule has 146 valence electrons. The molecular formula is C22H15Cl2NO3S. The normalized spacial score (nSPS) is 18.4. The van der Waals surface area contributed by atoms with E-state index in [0.717, 1.165) is 4.88 Å². The van der Waals surface area contributed by atoms with Crippen molar-refractivity contribution in [2.24, 2.45) is 0 Å². The molecule has 1 atom stereocenters. The smallest absolute Gasteiger partial charge is 0.295 e. The van der Waals surface area contributed by atoms with Gasteiger partial charge in [0.25, 0.3) is 11.7 Å².